The number of piperidine rings is 1. The summed E-state index contributed by atoms with van der Waals surface area (Å²) in [5, 5.41) is 10.7. The Labute approximate surface area is 168 Å². The van der Waals surface area contributed by atoms with Crippen LogP contribution in [-0.4, -0.2) is 57.2 Å². The molecule has 2 N–H and O–H groups in total. The van der Waals surface area contributed by atoms with E-state index in [9.17, 15) is 9.59 Å². The molecular weight excluding hydrogens is 380 g/mol. The molecule has 2 aliphatic rings. The molecule has 148 valence electrons. The Bertz CT molecular complexity index is 844. The minimum Gasteiger partial charge on any atom is -0.353 e. The fraction of sp³-hybridized carbons (Fsp3) is 0.474. The van der Waals surface area contributed by atoms with Gasteiger partial charge in [0.15, 0.2) is 0 Å². The Morgan fingerprint density at radius 3 is 2.64 bits per heavy atom. The van der Waals surface area contributed by atoms with Gasteiger partial charge in [-0.25, -0.2) is 9.67 Å². The summed E-state index contributed by atoms with van der Waals surface area (Å²) in [6.07, 6.45) is 6.78. The summed E-state index contributed by atoms with van der Waals surface area (Å²) in [5.74, 6) is 0.322. The Kier molecular flexibility index (Phi) is 5.59. The summed E-state index contributed by atoms with van der Waals surface area (Å²) < 4.78 is 1.58. The number of amides is 2. The second kappa shape index (κ2) is 8.28. The van der Waals surface area contributed by atoms with Crippen molar-refractivity contribution in [3.63, 3.8) is 0 Å². The minimum atomic E-state index is -0.107. The van der Waals surface area contributed by atoms with E-state index in [2.05, 4.69) is 25.6 Å². The highest BCUT2D eigenvalue weighted by molar-refractivity contribution is 6.31. The number of nitrogens with zero attached hydrogens (tertiary/aromatic N) is 4. The van der Waals surface area contributed by atoms with Gasteiger partial charge in [0.25, 0.3) is 0 Å². The molecule has 1 aromatic carbocycles. The molecule has 1 aromatic heterocycles. The zero-order chi connectivity index (χ0) is 19.5. The van der Waals surface area contributed by atoms with E-state index in [-0.39, 0.29) is 23.8 Å². The number of aromatic nitrogens is 3. The van der Waals surface area contributed by atoms with Crippen molar-refractivity contribution in [2.75, 3.05) is 25.0 Å². The molecule has 2 amide bonds. The number of nitrogens with one attached hydrogen (secondary N) is 2. The molecule has 2 heterocycles. The Balaban J connectivity index is 1.30. The van der Waals surface area contributed by atoms with Crippen LogP contribution in [0.25, 0.3) is 5.69 Å². The third-order valence-corrected chi connectivity index (χ3v) is 5.38. The van der Waals surface area contributed by atoms with Crippen molar-refractivity contribution in [3.05, 3.63) is 35.9 Å². The van der Waals surface area contributed by atoms with Crippen molar-refractivity contribution in [3.8, 4) is 5.69 Å². The lowest BCUT2D eigenvalue weighted by Gasteiger charge is -2.32. The third-order valence-electron chi connectivity index (χ3n) is 5.15. The van der Waals surface area contributed by atoms with Crippen LogP contribution in [0.1, 0.15) is 25.7 Å². The first-order valence-corrected chi connectivity index (χ1v) is 9.93. The van der Waals surface area contributed by atoms with Crippen LogP contribution >= 0.6 is 11.6 Å². The molecule has 28 heavy (non-hydrogen) atoms. The first-order valence-electron chi connectivity index (χ1n) is 9.55. The van der Waals surface area contributed by atoms with Crippen molar-refractivity contribution in [1.82, 2.24) is 25.0 Å². The standard InChI is InChI=1S/C19H23ClN6O2/c20-14-3-4-17(26-12-21-11-22-26)16(9-14)24-18(27)10-25-7-5-15(6-8-25)23-19(28)13-1-2-13/h3-4,9,11-13,15H,1-2,5-8,10H2,(H,23,28)(H,24,27). The van der Waals surface area contributed by atoms with Gasteiger partial charge in [-0.05, 0) is 43.9 Å². The smallest absolute Gasteiger partial charge is 0.238 e. The van der Waals surface area contributed by atoms with Crippen molar-refractivity contribution in [1.29, 1.82) is 0 Å². The quantitative estimate of drug-likeness (QED) is 0.769. The Morgan fingerprint density at radius 2 is 1.96 bits per heavy atom. The van der Waals surface area contributed by atoms with E-state index in [0.717, 1.165) is 38.8 Å². The molecule has 0 radical (unpaired) electrons. The molecule has 8 nitrogen and oxygen atoms in total. The Hall–Kier alpha value is -2.45. The van der Waals surface area contributed by atoms with Gasteiger partial charge in [0.05, 0.1) is 17.9 Å². The number of rotatable bonds is 6. The molecule has 1 saturated heterocycles. The summed E-state index contributed by atoms with van der Waals surface area (Å²) in [4.78, 5) is 30.5. The van der Waals surface area contributed by atoms with E-state index in [4.69, 9.17) is 11.6 Å². The molecule has 4 rings (SSSR count). The van der Waals surface area contributed by atoms with E-state index in [0.29, 0.717) is 22.9 Å². The average molecular weight is 403 g/mol. The van der Waals surface area contributed by atoms with Crippen LogP contribution in [0.15, 0.2) is 30.9 Å². The van der Waals surface area contributed by atoms with Gasteiger partial charge >= 0.3 is 0 Å². The highest BCUT2D eigenvalue weighted by atomic mass is 35.5. The predicted octanol–water partition coefficient (Wildman–Crippen LogP) is 1.85. The lowest BCUT2D eigenvalue weighted by Crippen LogP contribution is -2.46. The van der Waals surface area contributed by atoms with Gasteiger partial charge in [0.2, 0.25) is 11.8 Å². The number of likely N-dealkylation sites (tertiary alicyclic amines) is 1. The first kappa shape index (κ1) is 18.9. The Morgan fingerprint density at radius 1 is 1.18 bits per heavy atom. The predicted molar refractivity (Wildman–Crippen MR) is 105 cm³/mol. The maximum atomic E-state index is 12.6. The van der Waals surface area contributed by atoms with Gasteiger partial charge in [0.1, 0.15) is 12.7 Å². The molecule has 9 heteroatoms. The van der Waals surface area contributed by atoms with E-state index < -0.39 is 0 Å². The fourth-order valence-electron chi connectivity index (χ4n) is 3.43. The van der Waals surface area contributed by atoms with Gasteiger partial charge in [-0.3, -0.25) is 14.5 Å². The maximum absolute atomic E-state index is 12.6. The van der Waals surface area contributed by atoms with Crippen molar-refractivity contribution in [2.45, 2.75) is 31.7 Å². The second-order valence-electron chi connectivity index (χ2n) is 7.38. The summed E-state index contributed by atoms with van der Waals surface area (Å²) in [7, 11) is 0. The van der Waals surface area contributed by atoms with Crippen molar-refractivity contribution in [2.24, 2.45) is 5.92 Å². The van der Waals surface area contributed by atoms with Crippen LogP contribution in [-0.2, 0) is 9.59 Å². The maximum Gasteiger partial charge on any atom is 0.238 e. The fourth-order valence-corrected chi connectivity index (χ4v) is 3.61. The zero-order valence-corrected chi connectivity index (χ0v) is 16.2. The van der Waals surface area contributed by atoms with Crippen LogP contribution in [0.5, 0.6) is 0 Å². The van der Waals surface area contributed by atoms with Crippen LogP contribution in [0, 0.1) is 5.92 Å². The van der Waals surface area contributed by atoms with Crippen molar-refractivity contribution < 1.29 is 9.59 Å². The molecule has 0 unspecified atom stereocenters. The molecular formula is C19H23ClN6O2. The SMILES string of the molecule is O=C(CN1CCC(NC(=O)C2CC2)CC1)Nc1cc(Cl)ccc1-n1cncn1. The van der Waals surface area contributed by atoms with E-state index >= 15 is 0 Å². The third kappa shape index (κ3) is 4.69. The molecule has 2 aromatic rings. The molecule has 0 bridgehead atoms. The van der Waals surface area contributed by atoms with Crippen LogP contribution < -0.4 is 10.6 Å². The van der Waals surface area contributed by atoms with Gasteiger partial charge in [-0.15, -0.1) is 0 Å². The first-order chi connectivity index (χ1) is 13.6. The largest absolute Gasteiger partial charge is 0.353 e. The lowest BCUT2D eigenvalue weighted by atomic mass is 10.0. The molecule has 0 spiro atoms. The average Bonchev–Trinajstić information content (AvgIpc) is 3.39. The monoisotopic (exact) mass is 402 g/mol. The van der Waals surface area contributed by atoms with Gasteiger partial charge < -0.3 is 10.6 Å². The molecule has 1 aliphatic heterocycles. The summed E-state index contributed by atoms with van der Waals surface area (Å²) in [6.45, 7) is 1.87. The number of halogens is 1. The molecule has 1 saturated carbocycles. The van der Waals surface area contributed by atoms with Crippen LogP contribution in [0.4, 0.5) is 5.69 Å². The normalized spacial score (nSPS) is 18.0. The van der Waals surface area contributed by atoms with E-state index in [1.165, 1.54) is 6.33 Å². The lowest BCUT2D eigenvalue weighted by molar-refractivity contribution is -0.123. The number of benzene rings is 1. The number of anilines is 1. The van der Waals surface area contributed by atoms with Gasteiger partial charge in [-0.1, -0.05) is 11.6 Å². The van der Waals surface area contributed by atoms with Gasteiger partial charge in [-0.2, -0.15) is 5.10 Å². The number of hydrogen-bond donors (Lipinski definition) is 2. The topological polar surface area (TPSA) is 92.2 Å². The summed E-state index contributed by atoms with van der Waals surface area (Å²) in [6, 6.07) is 5.46. The minimum absolute atomic E-state index is 0.107. The van der Waals surface area contributed by atoms with Gasteiger partial charge in [0, 0.05) is 30.1 Å². The number of hydrogen-bond acceptors (Lipinski definition) is 5. The molecule has 1 aliphatic carbocycles. The molecule has 2 fully saturated rings. The van der Waals surface area contributed by atoms with Crippen LogP contribution in [0.3, 0.4) is 0 Å². The second-order valence-corrected chi connectivity index (χ2v) is 7.82. The summed E-state index contributed by atoms with van der Waals surface area (Å²) in [5.41, 5.74) is 1.30. The molecule has 0 atom stereocenters. The summed E-state index contributed by atoms with van der Waals surface area (Å²) >= 11 is 6.10. The van der Waals surface area contributed by atoms with Crippen LogP contribution in [0.2, 0.25) is 5.02 Å². The highest BCUT2D eigenvalue weighted by Crippen LogP contribution is 2.29. The van der Waals surface area contributed by atoms with Crippen molar-refractivity contribution >= 4 is 29.1 Å². The van der Waals surface area contributed by atoms with E-state index in [1.807, 2.05) is 0 Å². The van der Waals surface area contributed by atoms with E-state index in [1.54, 1.807) is 29.2 Å². The highest BCUT2D eigenvalue weighted by Gasteiger charge is 2.31. The number of carbonyl (C=O) groups excluding carboxylic acids is 2. The zero-order valence-electron chi connectivity index (χ0n) is 15.5. The number of carbonyl (C=O) groups is 2.